The molecule has 0 bridgehead atoms. The first kappa shape index (κ1) is 17.0. The van der Waals surface area contributed by atoms with Crippen LogP contribution in [0, 0.1) is 12.3 Å². The minimum absolute atomic E-state index is 0.0105. The minimum Gasteiger partial charge on any atom is -0.481 e. The van der Waals surface area contributed by atoms with Gasteiger partial charge in [0.15, 0.2) is 0 Å². The minimum atomic E-state index is -0.876. The van der Waals surface area contributed by atoms with Crippen molar-refractivity contribution < 1.29 is 19.5 Å². The lowest BCUT2D eigenvalue weighted by Crippen LogP contribution is -2.36. The number of aliphatic carboxylic acids is 1. The summed E-state index contributed by atoms with van der Waals surface area (Å²) in [5, 5.41) is 14.3. The molecule has 1 aromatic carbocycles. The number of carboxylic acids is 1. The van der Waals surface area contributed by atoms with Crippen LogP contribution in [-0.4, -0.2) is 29.9 Å². The van der Waals surface area contributed by atoms with Crippen molar-refractivity contribution in [3.05, 3.63) is 29.3 Å². The third kappa shape index (κ3) is 4.09. The normalized spacial score (nSPS) is 15.4. The summed E-state index contributed by atoms with van der Waals surface area (Å²) in [6, 6.07) is 5.23. The Morgan fingerprint density at radius 3 is 2.43 bits per heavy atom. The molecule has 6 nitrogen and oxygen atoms in total. The van der Waals surface area contributed by atoms with Gasteiger partial charge in [-0.25, -0.2) is 0 Å². The van der Waals surface area contributed by atoms with Crippen LogP contribution in [0.5, 0.6) is 0 Å². The monoisotopic (exact) mass is 318 g/mol. The van der Waals surface area contributed by atoms with E-state index < -0.39 is 11.4 Å². The molecule has 2 rings (SSSR count). The number of carboxylic acid groups (broad SMARTS) is 1. The quantitative estimate of drug-likeness (QED) is 0.750. The SMILES string of the molecule is CNC(=O)c1cc(C)ccc1NC(=O)CC1(CC(=O)O)CCC1. The van der Waals surface area contributed by atoms with Crippen molar-refractivity contribution in [2.75, 3.05) is 12.4 Å². The van der Waals surface area contributed by atoms with E-state index in [1.807, 2.05) is 13.0 Å². The van der Waals surface area contributed by atoms with E-state index in [1.54, 1.807) is 12.1 Å². The highest BCUT2D eigenvalue weighted by Crippen LogP contribution is 2.47. The number of benzene rings is 1. The van der Waals surface area contributed by atoms with E-state index in [0.717, 1.165) is 24.8 Å². The van der Waals surface area contributed by atoms with Gasteiger partial charge in [0.1, 0.15) is 0 Å². The molecule has 0 aliphatic heterocycles. The summed E-state index contributed by atoms with van der Waals surface area (Å²) in [5.74, 6) is -1.40. The fraction of sp³-hybridized carbons (Fsp3) is 0.471. The Labute approximate surface area is 135 Å². The van der Waals surface area contributed by atoms with Crippen LogP contribution < -0.4 is 10.6 Å². The third-order valence-electron chi connectivity index (χ3n) is 4.40. The standard InChI is InChI=1S/C17H22N2O4/c1-11-4-5-13(12(8-11)16(23)18-2)19-14(20)9-17(6-3-7-17)10-15(21)22/h4-5,8H,3,6-7,9-10H2,1-2H3,(H,18,23)(H,19,20)(H,21,22). The first-order valence-corrected chi connectivity index (χ1v) is 7.70. The van der Waals surface area contributed by atoms with E-state index in [2.05, 4.69) is 10.6 Å². The number of carbonyl (C=O) groups excluding carboxylic acids is 2. The van der Waals surface area contributed by atoms with Gasteiger partial charge in [-0.2, -0.15) is 0 Å². The Kier molecular flexibility index (Phi) is 5.03. The highest BCUT2D eigenvalue weighted by molar-refractivity contribution is 6.04. The maximum absolute atomic E-state index is 12.3. The molecule has 0 aromatic heterocycles. The largest absolute Gasteiger partial charge is 0.481 e. The summed E-state index contributed by atoms with van der Waals surface area (Å²) in [7, 11) is 1.53. The molecule has 0 saturated heterocycles. The Hall–Kier alpha value is -2.37. The molecule has 124 valence electrons. The van der Waals surface area contributed by atoms with Crippen molar-refractivity contribution in [1.82, 2.24) is 5.32 Å². The summed E-state index contributed by atoms with van der Waals surface area (Å²) >= 11 is 0. The van der Waals surface area contributed by atoms with Gasteiger partial charge in [0.25, 0.3) is 5.91 Å². The maximum atomic E-state index is 12.3. The van der Waals surface area contributed by atoms with Gasteiger partial charge in [-0.15, -0.1) is 0 Å². The highest BCUT2D eigenvalue weighted by atomic mass is 16.4. The maximum Gasteiger partial charge on any atom is 0.303 e. The Morgan fingerprint density at radius 1 is 1.22 bits per heavy atom. The van der Waals surface area contributed by atoms with Crippen LogP contribution >= 0.6 is 0 Å². The molecule has 0 radical (unpaired) electrons. The zero-order chi connectivity index (χ0) is 17.0. The van der Waals surface area contributed by atoms with Crippen molar-refractivity contribution in [2.24, 2.45) is 5.41 Å². The summed E-state index contributed by atoms with van der Waals surface area (Å²) in [5.41, 5.74) is 1.34. The van der Waals surface area contributed by atoms with Crippen LogP contribution in [0.4, 0.5) is 5.69 Å². The number of hydrogen-bond donors (Lipinski definition) is 3. The van der Waals surface area contributed by atoms with Crippen molar-refractivity contribution >= 4 is 23.5 Å². The molecule has 3 N–H and O–H groups in total. The molecule has 0 heterocycles. The second-order valence-electron chi connectivity index (χ2n) is 6.28. The lowest BCUT2D eigenvalue weighted by Gasteiger charge is -2.40. The molecular weight excluding hydrogens is 296 g/mol. The highest BCUT2D eigenvalue weighted by Gasteiger charge is 2.40. The van der Waals surface area contributed by atoms with Crippen molar-refractivity contribution in [3.8, 4) is 0 Å². The molecule has 1 fully saturated rings. The summed E-state index contributed by atoms with van der Waals surface area (Å²) < 4.78 is 0. The third-order valence-corrected chi connectivity index (χ3v) is 4.40. The molecule has 0 atom stereocenters. The molecule has 0 unspecified atom stereocenters. The second-order valence-corrected chi connectivity index (χ2v) is 6.28. The molecule has 1 aromatic rings. The van der Waals surface area contributed by atoms with Crippen LogP contribution in [-0.2, 0) is 9.59 Å². The van der Waals surface area contributed by atoms with Crippen LogP contribution in [0.3, 0.4) is 0 Å². The predicted molar refractivity (Wildman–Crippen MR) is 86.4 cm³/mol. The van der Waals surface area contributed by atoms with Gasteiger partial charge in [-0.3, -0.25) is 14.4 Å². The van der Waals surface area contributed by atoms with E-state index in [4.69, 9.17) is 5.11 Å². The predicted octanol–water partition coefficient (Wildman–Crippen LogP) is 2.33. The van der Waals surface area contributed by atoms with Crippen LogP contribution in [0.25, 0.3) is 0 Å². The molecule has 1 aliphatic carbocycles. The Morgan fingerprint density at radius 2 is 1.91 bits per heavy atom. The number of hydrogen-bond acceptors (Lipinski definition) is 3. The van der Waals surface area contributed by atoms with Crippen LogP contribution in [0.2, 0.25) is 0 Å². The summed E-state index contributed by atoms with van der Waals surface area (Å²) in [6.07, 6.45) is 2.64. The Bertz CT molecular complexity index is 635. The van der Waals surface area contributed by atoms with Crippen LogP contribution in [0.15, 0.2) is 18.2 Å². The summed E-state index contributed by atoms with van der Waals surface area (Å²) in [6.45, 7) is 1.87. The average Bonchev–Trinajstić information content (AvgIpc) is 2.45. The molecule has 2 amide bonds. The lowest BCUT2D eigenvalue weighted by atomic mass is 9.64. The van der Waals surface area contributed by atoms with E-state index >= 15 is 0 Å². The first-order chi connectivity index (χ1) is 10.8. The van der Waals surface area contributed by atoms with E-state index in [0.29, 0.717) is 11.3 Å². The number of aryl methyl sites for hydroxylation is 1. The van der Waals surface area contributed by atoms with Gasteiger partial charge in [-0.05, 0) is 37.3 Å². The average molecular weight is 318 g/mol. The lowest BCUT2D eigenvalue weighted by molar-refractivity contribution is -0.142. The van der Waals surface area contributed by atoms with E-state index in [1.165, 1.54) is 7.05 Å². The summed E-state index contributed by atoms with van der Waals surface area (Å²) in [4.78, 5) is 35.2. The number of nitrogens with one attached hydrogen (secondary N) is 2. The van der Waals surface area contributed by atoms with Crippen LogP contribution in [0.1, 0.15) is 48.0 Å². The van der Waals surface area contributed by atoms with Gasteiger partial charge in [0.05, 0.1) is 17.7 Å². The number of carbonyl (C=O) groups is 3. The molecule has 1 aliphatic rings. The van der Waals surface area contributed by atoms with Gasteiger partial charge >= 0.3 is 5.97 Å². The second kappa shape index (κ2) is 6.81. The van der Waals surface area contributed by atoms with Crippen molar-refractivity contribution in [1.29, 1.82) is 0 Å². The van der Waals surface area contributed by atoms with Crippen molar-refractivity contribution in [2.45, 2.75) is 39.0 Å². The molecule has 6 heteroatoms. The van der Waals surface area contributed by atoms with Gasteiger partial charge < -0.3 is 15.7 Å². The molecule has 23 heavy (non-hydrogen) atoms. The van der Waals surface area contributed by atoms with Gasteiger partial charge in [0, 0.05) is 13.5 Å². The number of anilines is 1. The smallest absolute Gasteiger partial charge is 0.303 e. The first-order valence-electron chi connectivity index (χ1n) is 7.70. The fourth-order valence-electron chi connectivity index (χ4n) is 3.04. The van der Waals surface area contributed by atoms with Gasteiger partial charge in [0.2, 0.25) is 5.91 Å². The zero-order valence-corrected chi connectivity index (χ0v) is 13.4. The number of amides is 2. The number of rotatable bonds is 6. The van der Waals surface area contributed by atoms with Crippen molar-refractivity contribution in [3.63, 3.8) is 0 Å². The topological polar surface area (TPSA) is 95.5 Å². The van der Waals surface area contributed by atoms with E-state index in [-0.39, 0.29) is 24.7 Å². The fourth-order valence-corrected chi connectivity index (χ4v) is 3.04. The Balaban J connectivity index is 2.11. The van der Waals surface area contributed by atoms with E-state index in [9.17, 15) is 14.4 Å². The molecular formula is C17H22N2O4. The van der Waals surface area contributed by atoms with Gasteiger partial charge in [-0.1, -0.05) is 18.1 Å². The zero-order valence-electron chi connectivity index (χ0n) is 13.4. The molecule has 1 saturated carbocycles. The molecule has 0 spiro atoms.